The average Bonchev–Trinajstić information content (AvgIpc) is 2.36. The van der Waals surface area contributed by atoms with Crippen LogP contribution in [0.15, 0.2) is 21.5 Å². The molecule has 2 unspecified atom stereocenters. The largest absolute Gasteiger partial charge is 0.398 e. The van der Waals surface area contributed by atoms with Crippen molar-refractivity contribution in [3.63, 3.8) is 0 Å². The molecule has 0 bridgehead atoms. The van der Waals surface area contributed by atoms with Gasteiger partial charge in [-0.2, -0.15) is 4.31 Å². The van der Waals surface area contributed by atoms with Crippen molar-refractivity contribution >= 4 is 31.6 Å². The molecule has 4 nitrogen and oxygen atoms in total. The Kier molecular flexibility index (Phi) is 4.47. The number of nitrogens with two attached hydrogens (primary N) is 1. The molecule has 0 radical (unpaired) electrons. The van der Waals surface area contributed by atoms with E-state index >= 15 is 0 Å². The van der Waals surface area contributed by atoms with E-state index in [0.717, 1.165) is 16.5 Å². The quantitative estimate of drug-likeness (QED) is 0.824. The highest BCUT2D eigenvalue weighted by atomic mass is 79.9. The molecule has 2 N–H and O–H groups in total. The van der Waals surface area contributed by atoms with E-state index in [0.29, 0.717) is 35.5 Å². The SMILES string of the molecule is Cc1cc(Br)c(N)cc1S(=O)(=O)N1CCC(C)C(C)C1. The van der Waals surface area contributed by atoms with Crippen LogP contribution in [-0.4, -0.2) is 25.8 Å². The van der Waals surface area contributed by atoms with Crippen LogP contribution >= 0.6 is 15.9 Å². The number of hydrogen-bond donors (Lipinski definition) is 1. The molecule has 20 heavy (non-hydrogen) atoms. The van der Waals surface area contributed by atoms with Gasteiger partial charge < -0.3 is 5.73 Å². The van der Waals surface area contributed by atoms with E-state index in [9.17, 15) is 8.42 Å². The van der Waals surface area contributed by atoms with Gasteiger partial charge in [0, 0.05) is 23.2 Å². The second-order valence-corrected chi connectivity index (χ2v) is 8.51. The van der Waals surface area contributed by atoms with Crippen LogP contribution in [0.25, 0.3) is 0 Å². The van der Waals surface area contributed by atoms with Crippen molar-refractivity contribution in [2.24, 2.45) is 11.8 Å². The molecule has 0 spiro atoms. The van der Waals surface area contributed by atoms with Gasteiger partial charge in [-0.15, -0.1) is 0 Å². The summed E-state index contributed by atoms with van der Waals surface area (Å²) < 4.78 is 27.9. The normalized spacial score (nSPS) is 24.8. The molecular formula is C14H21BrN2O2S. The lowest BCUT2D eigenvalue weighted by Crippen LogP contribution is -2.42. The molecule has 1 heterocycles. The summed E-state index contributed by atoms with van der Waals surface area (Å²) in [6, 6.07) is 3.32. The Bertz CT molecular complexity index is 616. The zero-order valence-electron chi connectivity index (χ0n) is 12.1. The zero-order chi connectivity index (χ0) is 15.1. The minimum atomic E-state index is -3.46. The number of sulfonamides is 1. The summed E-state index contributed by atoms with van der Waals surface area (Å²) in [7, 11) is -3.46. The number of anilines is 1. The Morgan fingerprint density at radius 3 is 2.55 bits per heavy atom. The molecular weight excluding hydrogens is 340 g/mol. The third-order valence-electron chi connectivity index (χ3n) is 4.21. The number of hydrogen-bond acceptors (Lipinski definition) is 3. The predicted molar refractivity (Wildman–Crippen MR) is 85.0 cm³/mol. The highest BCUT2D eigenvalue weighted by molar-refractivity contribution is 9.10. The maximum absolute atomic E-state index is 12.8. The minimum Gasteiger partial charge on any atom is -0.398 e. The molecule has 2 atom stereocenters. The second kappa shape index (κ2) is 5.66. The number of halogens is 1. The molecule has 1 aliphatic rings. The van der Waals surface area contributed by atoms with E-state index in [-0.39, 0.29) is 0 Å². The first-order valence-corrected chi connectivity index (χ1v) is 9.02. The van der Waals surface area contributed by atoms with Crippen molar-refractivity contribution in [3.05, 3.63) is 22.2 Å². The summed E-state index contributed by atoms with van der Waals surface area (Å²) in [6.45, 7) is 7.25. The van der Waals surface area contributed by atoms with Crippen molar-refractivity contribution in [2.75, 3.05) is 18.8 Å². The molecule has 112 valence electrons. The van der Waals surface area contributed by atoms with E-state index in [1.165, 1.54) is 0 Å². The third kappa shape index (κ3) is 2.87. The standard InChI is InChI=1S/C14H21BrN2O2S/c1-9-4-5-17(8-11(9)3)20(18,19)14-7-13(16)12(15)6-10(14)2/h6-7,9,11H,4-5,8,16H2,1-3H3. The number of aryl methyl sites for hydroxylation is 1. The first-order chi connectivity index (χ1) is 9.23. The topological polar surface area (TPSA) is 63.4 Å². The van der Waals surface area contributed by atoms with Gasteiger partial charge in [0.25, 0.3) is 0 Å². The predicted octanol–water partition coefficient (Wildman–Crippen LogP) is 3.01. The van der Waals surface area contributed by atoms with Crippen molar-refractivity contribution < 1.29 is 8.42 Å². The number of nitrogen functional groups attached to an aromatic ring is 1. The monoisotopic (exact) mass is 360 g/mol. The van der Waals surface area contributed by atoms with Gasteiger partial charge in [0.05, 0.1) is 4.90 Å². The summed E-state index contributed by atoms with van der Waals surface area (Å²) >= 11 is 3.33. The first-order valence-electron chi connectivity index (χ1n) is 6.79. The van der Waals surface area contributed by atoms with Crippen molar-refractivity contribution in [1.82, 2.24) is 4.31 Å². The molecule has 1 aliphatic heterocycles. The van der Waals surface area contributed by atoms with Crippen LogP contribution in [0, 0.1) is 18.8 Å². The average molecular weight is 361 g/mol. The lowest BCUT2D eigenvalue weighted by molar-refractivity contribution is 0.212. The van der Waals surface area contributed by atoms with Crippen LogP contribution in [0.5, 0.6) is 0 Å². The summed E-state index contributed by atoms with van der Waals surface area (Å²) in [5.74, 6) is 0.948. The van der Waals surface area contributed by atoms with Crippen LogP contribution in [0.4, 0.5) is 5.69 Å². The molecule has 1 aromatic carbocycles. The van der Waals surface area contributed by atoms with Crippen molar-refractivity contribution in [3.8, 4) is 0 Å². The highest BCUT2D eigenvalue weighted by Crippen LogP contribution is 2.31. The molecule has 0 saturated carbocycles. The van der Waals surface area contributed by atoms with Crippen LogP contribution in [-0.2, 0) is 10.0 Å². The highest BCUT2D eigenvalue weighted by Gasteiger charge is 2.32. The summed E-state index contributed by atoms with van der Waals surface area (Å²) in [5, 5.41) is 0. The van der Waals surface area contributed by atoms with Crippen LogP contribution in [0.2, 0.25) is 0 Å². The Balaban J connectivity index is 2.38. The van der Waals surface area contributed by atoms with Crippen LogP contribution in [0.1, 0.15) is 25.8 Å². The number of benzene rings is 1. The van der Waals surface area contributed by atoms with Crippen LogP contribution < -0.4 is 5.73 Å². The summed E-state index contributed by atoms with van der Waals surface area (Å²) in [6.07, 6.45) is 0.908. The molecule has 1 saturated heterocycles. The lowest BCUT2D eigenvalue weighted by atomic mass is 9.90. The van der Waals surface area contributed by atoms with E-state index in [1.807, 2.05) is 0 Å². The zero-order valence-corrected chi connectivity index (χ0v) is 14.5. The molecule has 0 amide bonds. The van der Waals surface area contributed by atoms with Gasteiger partial charge in [0.15, 0.2) is 0 Å². The van der Waals surface area contributed by atoms with Gasteiger partial charge in [-0.1, -0.05) is 13.8 Å². The fourth-order valence-electron chi connectivity index (χ4n) is 2.53. The Morgan fingerprint density at radius 2 is 1.95 bits per heavy atom. The molecule has 0 aliphatic carbocycles. The minimum absolute atomic E-state index is 0.319. The molecule has 1 fully saturated rings. The van der Waals surface area contributed by atoms with E-state index in [4.69, 9.17) is 5.73 Å². The van der Waals surface area contributed by atoms with E-state index < -0.39 is 10.0 Å². The van der Waals surface area contributed by atoms with Gasteiger partial charge >= 0.3 is 0 Å². The maximum Gasteiger partial charge on any atom is 0.243 e. The van der Waals surface area contributed by atoms with Gasteiger partial charge in [0.1, 0.15) is 0 Å². The fraction of sp³-hybridized carbons (Fsp3) is 0.571. The van der Waals surface area contributed by atoms with E-state index in [1.54, 1.807) is 23.4 Å². The van der Waals surface area contributed by atoms with Gasteiger partial charge in [0.2, 0.25) is 10.0 Å². The fourth-order valence-corrected chi connectivity index (χ4v) is 4.78. The van der Waals surface area contributed by atoms with Crippen molar-refractivity contribution in [2.45, 2.75) is 32.1 Å². The Morgan fingerprint density at radius 1 is 1.30 bits per heavy atom. The van der Waals surface area contributed by atoms with Gasteiger partial charge in [-0.25, -0.2) is 8.42 Å². The summed E-state index contributed by atoms with van der Waals surface area (Å²) in [4.78, 5) is 0.319. The lowest BCUT2D eigenvalue weighted by Gasteiger charge is -2.34. The summed E-state index contributed by atoms with van der Waals surface area (Å²) in [5.41, 5.74) is 7.01. The smallest absolute Gasteiger partial charge is 0.243 e. The first kappa shape index (κ1) is 15.8. The number of piperidine rings is 1. The molecule has 6 heteroatoms. The third-order valence-corrected chi connectivity index (χ3v) is 6.90. The Hall–Kier alpha value is -0.590. The van der Waals surface area contributed by atoms with Crippen molar-refractivity contribution in [1.29, 1.82) is 0 Å². The second-order valence-electron chi connectivity index (χ2n) is 5.75. The van der Waals surface area contributed by atoms with E-state index in [2.05, 4.69) is 29.8 Å². The number of nitrogens with zero attached hydrogens (tertiary/aromatic N) is 1. The van der Waals surface area contributed by atoms with Gasteiger partial charge in [-0.05, 0) is 58.8 Å². The molecule has 0 aromatic heterocycles. The van der Waals surface area contributed by atoms with Gasteiger partial charge in [-0.3, -0.25) is 0 Å². The molecule has 2 rings (SSSR count). The Labute approximate surface area is 129 Å². The van der Waals surface area contributed by atoms with Crippen LogP contribution in [0.3, 0.4) is 0 Å². The molecule has 1 aromatic rings. The number of rotatable bonds is 2. The maximum atomic E-state index is 12.8.